The minimum Gasteiger partial charge on any atom is -0.0835 e. The maximum Gasteiger partial charge on any atom is 0.0438 e. The molecule has 0 aliphatic rings. The van der Waals surface area contributed by atoms with Gasteiger partial charge < -0.3 is 0 Å². The van der Waals surface area contributed by atoms with Crippen molar-refractivity contribution in [2.75, 3.05) is 0 Å². The molecule has 0 aromatic heterocycles. The average molecular weight is 345 g/mol. The number of halogens is 1. The van der Waals surface area contributed by atoms with E-state index < -0.39 is 0 Å². The third kappa shape index (κ3) is 3.97. The van der Waals surface area contributed by atoms with Crippen molar-refractivity contribution in [3.05, 3.63) is 70.3 Å². The molecule has 2 aromatic rings. The zero-order chi connectivity index (χ0) is 15.6. The van der Waals surface area contributed by atoms with E-state index in [2.05, 4.69) is 93.0 Å². The van der Waals surface area contributed by atoms with Gasteiger partial charge in [0.15, 0.2) is 0 Å². The minimum absolute atomic E-state index is 0.172. The van der Waals surface area contributed by atoms with Crippen LogP contribution in [0, 0.1) is 13.8 Å². The molecule has 1 atom stereocenters. The van der Waals surface area contributed by atoms with Gasteiger partial charge in [0, 0.05) is 4.83 Å². The zero-order valence-electron chi connectivity index (χ0n) is 13.7. The van der Waals surface area contributed by atoms with Crippen molar-refractivity contribution in [2.24, 2.45) is 0 Å². The highest BCUT2D eigenvalue weighted by Gasteiger charge is 2.21. The standard InChI is InChI=1S/C20H25Br/c1-14-10-11-16(12-15(14)2)13-19(21)17-8-6-7-9-18(17)20(3,4)5/h6-12,19H,13H2,1-5H3. The molecule has 0 bridgehead atoms. The van der Waals surface area contributed by atoms with Crippen LogP contribution in [0.3, 0.4) is 0 Å². The molecule has 0 saturated heterocycles. The molecular weight excluding hydrogens is 320 g/mol. The van der Waals surface area contributed by atoms with E-state index in [1.807, 2.05) is 0 Å². The molecule has 0 amide bonds. The number of hydrogen-bond donors (Lipinski definition) is 0. The van der Waals surface area contributed by atoms with Crippen LogP contribution in [-0.4, -0.2) is 0 Å². The van der Waals surface area contributed by atoms with Crippen LogP contribution in [0.2, 0.25) is 0 Å². The molecule has 2 aromatic carbocycles. The Kier molecular flexibility index (Phi) is 4.93. The molecule has 0 fully saturated rings. The van der Waals surface area contributed by atoms with Gasteiger partial charge in [-0.05, 0) is 53.5 Å². The Hall–Kier alpha value is -1.08. The minimum atomic E-state index is 0.172. The lowest BCUT2D eigenvalue weighted by Crippen LogP contribution is -2.15. The fraction of sp³-hybridized carbons (Fsp3) is 0.400. The van der Waals surface area contributed by atoms with Crippen molar-refractivity contribution < 1.29 is 0 Å². The SMILES string of the molecule is Cc1ccc(CC(Br)c2ccccc2C(C)(C)C)cc1C. The fourth-order valence-corrected chi connectivity index (χ4v) is 3.47. The number of aryl methyl sites for hydroxylation is 2. The Bertz CT molecular complexity index is 620. The molecule has 21 heavy (non-hydrogen) atoms. The monoisotopic (exact) mass is 344 g/mol. The van der Waals surface area contributed by atoms with Crippen LogP contribution in [0.25, 0.3) is 0 Å². The second kappa shape index (κ2) is 6.36. The maximum absolute atomic E-state index is 3.91. The van der Waals surface area contributed by atoms with Gasteiger partial charge in [0.1, 0.15) is 0 Å². The van der Waals surface area contributed by atoms with E-state index in [4.69, 9.17) is 0 Å². The van der Waals surface area contributed by atoms with E-state index in [0.717, 1.165) is 6.42 Å². The molecule has 0 heterocycles. The number of rotatable bonds is 3. The lowest BCUT2D eigenvalue weighted by Gasteiger charge is -2.25. The summed E-state index contributed by atoms with van der Waals surface area (Å²) in [5.74, 6) is 0. The molecule has 0 N–H and O–H groups in total. The van der Waals surface area contributed by atoms with Gasteiger partial charge in [0.2, 0.25) is 0 Å². The molecule has 0 spiro atoms. The van der Waals surface area contributed by atoms with Crippen LogP contribution in [0.15, 0.2) is 42.5 Å². The van der Waals surface area contributed by atoms with Crippen molar-refractivity contribution in [1.82, 2.24) is 0 Å². The van der Waals surface area contributed by atoms with E-state index in [1.165, 1.54) is 27.8 Å². The molecule has 0 nitrogen and oxygen atoms in total. The summed E-state index contributed by atoms with van der Waals surface area (Å²) in [5, 5.41) is 0. The van der Waals surface area contributed by atoms with Gasteiger partial charge in [-0.1, -0.05) is 79.2 Å². The van der Waals surface area contributed by atoms with Gasteiger partial charge in [-0.15, -0.1) is 0 Å². The molecule has 1 unspecified atom stereocenters. The maximum atomic E-state index is 3.91. The van der Waals surface area contributed by atoms with E-state index in [0.29, 0.717) is 4.83 Å². The molecule has 1 heteroatoms. The van der Waals surface area contributed by atoms with Crippen LogP contribution in [0.5, 0.6) is 0 Å². The average Bonchev–Trinajstić information content (AvgIpc) is 2.42. The van der Waals surface area contributed by atoms with Crippen LogP contribution in [-0.2, 0) is 11.8 Å². The van der Waals surface area contributed by atoms with Crippen LogP contribution in [0.1, 0.15) is 53.4 Å². The van der Waals surface area contributed by atoms with Crippen molar-refractivity contribution in [3.8, 4) is 0 Å². The first-order chi connectivity index (χ1) is 9.79. The predicted octanol–water partition coefficient (Wildman–Crippen LogP) is 6.28. The number of hydrogen-bond acceptors (Lipinski definition) is 0. The van der Waals surface area contributed by atoms with Gasteiger partial charge >= 0.3 is 0 Å². The number of benzene rings is 2. The third-order valence-corrected chi connectivity index (χ3v) is 4.91. The Labute approximate surface area is 137 Å². The van der Waals surface area contributed by atoms with E-state index in [-0.39, 0.29) is 5.41 Å². The van der Waals surface area contributed by atoms with Crippen molar-refractivity contribution in [2.45, 2.75) is 51.3 Å². The second-order valence-electron chi connectivity index (χ2n) is 6.93. The lowest BCUT2D eigenvalue weighted by atomic mass is 9.82. The van der Waals surface area contributed by atoms with Gasteiger partial charge in [-0.2, -0.15) is 0 Å². The first-order valence-electron chi connectivity index (χ1n) is 7.58. The Morgan fingerprint density at radius 3 is 2.24 bits per heavy atom. The lowest BCUT2D eigenvalue weighted by molar-refractivity contribution is 0.581. The molecule has 0 saturated carbocycles. The number of alkyl halides is 1. The smallest absolute Gasteiger partial charge is 0.0438 e. The summed E-state index contributed by atoms with van der Waals surface area (Å²) in [6, 6.07) is 15.6. The summed E-state index contributed by atoms with van der Waals surface area (Å²) < 4.78 is 0. The quantitative estimate of drug-likeness (QED) is 0.574. The summed E-state index contributed by atoms with van der Waals surface area (Å²) >= 11 is 3.91. The summed E-state index contributed by atoms with van der Waals surface area (Å²) in [6.07, 6.45) is 1.02. The predicted molar refractivity (Wildman–Crippen MR) is 96.4 cm³/mol. The van der Waals surface area contributed by atoms with Gasteiger partial charge in [-0.25, -0.2) is 0 Å². The first kappa shape index (κ1) is 16.3. The highest BCUT2D eigenvalue weighted by Crippen LogP contribution is 2.35. The van der Waals surface area contributed by atoms with E-state index in [1.54, 1.807) is 0 Å². The van der Waals surface area contributed by atoms with Gasteiger partial charge in [-0.3, -0.25) is 0 Å². The molecular formula is C20H25Br. The van der Waals surface area contributed by atoms with Crippen LogP contribution < -0.4 is 0 Å². The van der Waals surface area contributed by atoms with Crippen molar-refractivity contribution in [1.29, 1.82) is 0 Å². The highest BCUT2D eigenvalue weighted by molar-refractivity contribution is 9.09. The topological polar surface area (TPSA) is 0 Å². The molecule has 112 valence electrons. The zero-order valence-corrected chi connectivity index (χ0v) is 15.3. The molecule has 0 aliphatic heterocycles. The second-order valence-corrected chi connectivity index (χ2v) is 8.03. The summed E-state index contributed by atoms with van der Waals surface area (Å²) in [7, 11) is 0. The van der Waals surface area contributed by atoms with Crippen molar-refractivity contribution in [3.63, 3.8) is 0 Å². The summed E-state index contributed by atoms with van der Waals surface area (Å²) in [5.41, 5.74) is 7.13. The van der Waals surface area contributed by atoms with E-state index in [9.17, 15) is 0 Å². The van der Waals surface area contributed by atoms with Gasteiger partial charge in [0.05, 0.1) is 0 Å². The van der Waals surface area contributed by atoms with Gasteiger partial charge in [0.25, 0.3) is 0 Å². The Morgan fingerprint density at radius 2 is 1.62 bits per heavy atom. The first-order valence-corrected chi connectivity index (χ1v) is 8.50. The largest absolute Gasteiger partial charge is 0.0835 e. The van der Waals surface area contributed by atoms with Crippen molar-refractivity contribution >= 4 is 15.9 Å². The van der Waals surface area contributed by atoms with Crippen LogP contribution in [0.4, 0.5) is 0 Å². The molecule has 0 radical (unpaired) electrons. The van der Waals surface area contributed by atoms with Crippen LogP contribution >= 0.6 is 15.9 Å². The highest BCUT2D eigenvalue weighted by atomic mass is 79.9. The Morgan fingerprint density at radius 1 is 0.952 bits per heavy atom. The summed E-state index contributed by atoms with van der Waals surface area (Å²) in [4.78, 5) is 0.357. The third-order valence-electron chi connectivity index (χ3n) is 4.09. The summed E-state index contributed by atoms with van der Waals surface area (Å²) in [6.45, 7) is 11.2. The fourth-order valence-electron chi connectivity index (χ4n) is 2.70. The Balaban J connectivity index is 2.28. The molecule has 0 aliphatic carbocycles. The normalized spacial score (nSPS) is 13.2. The van der Waals surface area contributed by atoms with E-state index >= 15 is 0 Å². The molecule has 2 rings (SSSR count).